The summed E-state index contributed by atoms with van der Waals surface area (Å²) < 4.78 is 22.1. The van der Waals surface area contributed by atoms with Gasteiger partial charge in [-0.3, -0.25) is 4.79 Å². The van der Waals surface area contributed by atoms with E-state index in [2.05, 4.69) is 22.0 Å². The van der Waals surface area contributed by atoms with Gasteiger partial charge in [0.2, 0.25) is 5.91 Å². The Morgan fingerprint density at radius 2 is 2.07 bits per heavy atom. The van der Waals surface area contributed by atoms with Crippen molar-refractivity contribution in [1.82, 2.24) is 4.98 Å². The van der Waals surface area contributed by atoms with Gasteiger partial charge in [0, 0.05) is 6.92 Å². The van der Waals surface area contributed by atoms with Gasteiger partial charge in [0.25, 0.3) is 0 Å². The quantitative estimate of drug-likeness (QED) is 0.375. The maximum atomic E-state index is 11.0. The Morgan fingerprint density at radius 3 is 2.40 bits per heavy atom. The molecule has 1 N–H and O–H groups in total. The van der Waals surface area contributed by atoms with E-state index in [9.17, 15) is 13.2 Å². The van der Waals surface area contributed by atoms with Crippen LogP contribution in [0.15, 0.2) is 4.21 Å². The largest absolute Gasteiger partial charge is 1.00 e. The van der Waals surface area contributed by atoms with Gasteiger partial charge in [0.1, 0.15) is 4.21 Å². The predicted molar refractivity (Wildman–Crippen MR) is 55.7 cm³/mol. The number of hydrogen-bond donors (Lipinski definition) is 1. The number of aromatic nitrogens is 1. The SMILES string of the molecule is CC(=O)Nc1nc(C)c(S(=O)(=O)[S-])s1.[K+]. The minimum absolute atomic E-state index is 0. The van der Waals surface area contributed by atoms with E-state index < -0.39 is 8.87 Å². The molecule has 5 nitrogen and oxygen atoms in total. The van der Waals surface area contributed by atoms with Crippen LogP contribution in [0.3, 0.4) is 0 Å². The van der Waals surface area contributed by atoms with Gasteiger partial charge < -0.3 is 17.0 Å². The van der Waals surface area contributed by atoms with Crippen molar-refractivity contribution >= 4 is 42.9 Å². The van der Waals surface area contributed by atoms with Crippen LogP contribution in [-0.4, -0.2) is 19.3 Å². The zero-order valence-corrected chi connectivity index (χ0v) is 14.0. The standard InChI is InChI=1S/C6H8N2O3S3.K/c1-3-5(14(10,11)12)13-6(7-3)8-4(2)9;/h1-2H3,(H,7,8,9)(H,10,11,12);/q;+1/p-1. The molecule has 1 aromatic rings. The van der Waals surface area contributed by atoms with E-state index in [1.54, 1.807) is 0 Å². The first kappa shape index (κ1) is 16.0. The number of thiazole rings is 1. The summed E-state index contributed by atoms with van der Waals surface area (Å²) in [6.45, 7) is 2.85. The van der Waals surface area contributed by atoms with Crippen LogP contribution in [0, 0.1) is 6.92 Å². The van der Waals surface area contributed by atoms with Crippen LogP contribution in [0.1, 0.15) is 12.6 Å². The third-order valence-electron chi connectivity index (χ3n) is 1.26. The molecule has 9 heteroatoms. The van der Waals surface area contributed by atoms with Crippen LogP contribution in [0.25, 0.3) is 0 Å². The van der Waals surface area contributed by atoms with Gasteiger partial charge in [-0.2, -0.15) is 0 Å². The summed E-state index contributed by atoms with van der Waals surface area (Å²) in [6, 6.07) is 0. The Bertz CT molecular complexity index is 468. The van der Waals surface area contributed by atoms with E-state index in [0.717, 1.165) is 11.3 Å². The van der Waals surface area contributed by atoms with Crippen molar-refractivity contribution in [3.63, 3.8) is 0 Å². The van der Waals surface area contributed by atoms with E-state index in [-0.39, 0.29) is 66.6 Å². The fourth-order valence-corrected chi connectivity index (χ4v) is 3.29. The fraction of sp³-hybridized carbons (Fsp3) is 0.333. The Labute approximate surface area is 139 Å². The van der Waals surface area contributed by atoms with Gasteiger partial charge >= 0.3 is 51.4 Å². The van der Waals surface area contributed by atoms with Crippen LogP contribution in [0.2, 0.25) is 0 Å². The number of nitrogens with zero attached hydrogens (tertiary/aromatic N) is 1. The van der Waals surface area contributed by atoms with Gasteiger partial charge in [-0.1, -0.05) is 11.3 Å². The maximum Gasteiger partial charge on any atom is 1.00 e. The van der Waals surface area contributed by atoms with E-state index in [0.29, 0.717) is 5.69 Å². The number of nitrogens with one attached hydrogen (secondary N) is 1. The van der Waals surface area contributed by atoms with Crippen LogP contribution in [-0.2, 0) is 25.3 Å². The van der Waals surface area contributed by atoms with Crippen molar-refractivity contribution in [1.29, 1.82) is 0 Å². The van der Waals surface area contributed by atoms with Crippen molar-refractivity contribution in [3.05, 3.63) is 5.69 Å². The first-order chi connectivity index (χ1) is 6.30. The monoisotopic (exact) mass is 290 g/mol. The number of amides is 1. The molecule has 0 fully saturated rings. The molecule has 1 aromatic heterocycles. The minimum Gasteiger partial charge on any atom is -0.643 e. The summed E-state index contributed by atoms with van der Waals surface area (Å²) in [5, 5.41) is 2.64. The van der Waals surface area contributed by atoms with Gasteiger partial charge in [-0.05, 0) is 6.92 Å². The first-order valence-corrected chi connectivity index (χ1v) is 6.74. The molecule has 0 aliphatic rings. The van der Waals surface area contributed by atoms with Gasteiger partial charge in [-0.25, -0.2) is 13.4 Å². The van der Waals surface area contributed by atoms with E-state index in [4.69, 9.17) is 0 Å². The summed E-state index contributed by atoms with van der Waals surface area (Å²) in [6.07, 6.45) is 0. The molecule has 0 aliphatic heterocycles. The summed E-state index contributed by atoms with van der Waals surface area (Å²) in [4.78, 5) is 14.5. The summed E-state index contributed by atoms with van der Waals surface area (Å²) >= 11 is 5.16. The molecule has 0 spiro atoms. The summed E-state index contributed by atoms with van der Waals surface area (Å²) in [5.41, 5.74) is 0.314. The smallest absolute Gasteiger partial charge is 0.643 e. The van der Waals surface area contributed by atoms with E-state index in [1.165, 1.54) is 13.8 Å². The van der Waals surface area contributed by atoms with Crippen LogP contribution < -0.4 is 56.7 Å². The fourth-order valence-electron chi connectivity index (χ4n) is 0.818. The number of carbonyl (C=O) groups is 1. The van der Waals surface area contributed by atoms with Crippen molar-refractivity contribution in [2.24, 2.45) is 0 Å². The molecule has 1 rings (SSSR count). The molecule has 15 heavy (non-hydrogen) atoms. The van der Waals surface area contributed by atoms with E-state index >= 15 is 0 Å². The average molecular weight is 290 g/mol. The average Bonchev–Trinajstić information content (AvgIpc) is 2.27. The van der Waals surface area contributed by atoms with Crippen molar-refractivity contribution < 1.29 is 64.6 Å². The predicted octanol–water partition coefficient (Wildman–Crippen LogP) is -2.35. The zero-order valence-electron chi connectivity index (χ0n) is 8.40. The molecular formula is C6H7KN2O3S3. The normalized spacial score (nSPS) is 10.6. The Kier molecular flexibility index (Phi) is 6.52. The van der Waals surface area contributed by atoms with Crippen LogP contribution >= 0.6 is 11.3 Å². The van der Waals surface area contributed by atoms with Crippen molar-refractivity contribution in [3.8, 4) is 0 Å². The molecule has 0 saturated carbocycles. The molecule has 0 unspecified atom stereocenters. The number of carbonyl (C=O) groups excluding carboxylic acids is 1. The Balaban J connectivity index is 0.00000196. The molecule has 1 heterocycles. The second kappa shape index (κ2) is 6.10. The maximum absolute atomic E-state index is 11.0. The molecule has 1 amide bonds. The van der Waals surface area contributed by atoms with Crippen molar-refractivity contribution in [2.75, 3.05) is 5.32 Å². The molecule has 0 saturated heterocycles. The second-order valence-electron chi connectivity index (χ2n) is 2.53. The number of anilines is 1. The van der Waals surface area contributed by atoms with Gasteiger partial charge in [-0.15, -0.1) is 0 Å². The number of hydrogen-bond acceptors (Lipinski definition) is 6. The topological polar surface area (TPSA) is 76.1 Å². The molecular weight excluding hydrogens is 283 g/mol. The summed E-state index contributed by atoms with van der Waals surface area (Å²) in [7, 11) is -3.66. The number of rotatable bonds is 2. The summed E-state index contributed by atoms with van der Waals surface area (Å²) in [5.74, 6) is -0.299. The van der Waals surface area contributed by atoms with Crippen molar-refractivity contribution in [2.45, 2.75) is 18.1 Å². The molecule has 0 atom stereocenters. The molecule has 0 radical (unpaired) electrons. The molecule has 78 valence electrons. The first-order valence-electron chi connectivity index (χ1n) is 3.51. The van der Waals surface area contributed by atoms with Gasteiger partial charge in [0.05, 0.1) is 14.6 Å². The zero-order chi connectivity index (χ0) is 10.9. The molecule has 0 aliphatic carbocycles. The van der Waals surface area contributed by atoms with Gasteiger partial charge in [0.15, 0.2) is 5.13 Å². The third kappa shape index (κ3) is 4.82. The number of aryl methyl sites for hydroxylation is 1. The van der Waals surface area contributed by atoms with E-state index in [1.807, 2.05) is 0 Å². The molecule has 0 aromatic carbocycles. The molecule has 0 bridgehead atoms. The third-order valence-corrected chi connectivity index (χ3v) is 4.61. The Morgan fingerprint density at radius 1 is 1.53 bits per heavy atom. The van der Waals surface area contributed by atoms with Crippen LogP contribution in [0.5, 0.6) is 0 Å². The second-order valence-corrected chi connectivity index (χ2v) is 6.42. The Hall–Kier alpha value is 1.04. The van der Waals surface area contributed by atoms with Crippen LogP contribution in [0.4, 0.5) is 5.13 Å². The minimum atomic E-state index is -3.66.